The monoisotopic (exact) mass is 1120 g/mol. The van der Waals surface area contributed by atoms with Crippen molar-refractivity contribution >= 4 is 17.9 Å². The zero-order valence-electron chi connectivity index (χ0n) is 52.5. The second-order valence-electron chi connectivity index (χ2n) is 21.6. The van der Waals surface area contributed by atoms with E-state index in [9.17, 15) is 14.4 Å². The van der Waals surface area contributed by atoms with Gasteiger partial charge in [-0.1, -0.05) is 269 Å². The number of rotatable bonds is 59. The van der Waals surface area contributed by atoms with Crippen LogP contribution in [0, 0.1) is 0 Å². The normalized spacial score (nSPS) is 13.1. The predicted molar refractivity (Wildman–Crippen MR) is 352 cm³/mol. The van der Waals surface area contributed by atoms with E-state index in [0.717, 1.165) is 148 Å². The fraction of sp³-hybridized carbons (Fsp3) is 0.640. The predicted octanol–water partition coefficient (Wildman–Crippen LogP) is 23.1. The fourth-order valence-corrected chi connectivity index (χ4v) is 8.81. The van der Waals surface area contributed by atoms with Gasteiger partial charge in [0.2, 0.25) is 0 Å². The Kier molecular flexibility index (Phi) is 63.9. The van der Waals surface area contributed by atoms with Crippen LogP contribution in [0.1, 0.15) is 290 Å². The summed E-state index contributed by atoms with van der Waals surface area (Å²) < 4.78 is 16.9. The Morgan fingerprint density at radius 1 is 0.259 bits per heavy atom. The fourth-order valence-electron chi connectivity index (χ4n) is 8.81. The van der Waals surface area contributed by atoms with Crippen LogP contribution in [-0.2, 0) is 28.6 Å². The van der Waals surface area contributed by atoms with Crippen molar-refractivity contribution in [3.05, 3.63) is 146 Å². The summed E-state index contributed by atoms with van der Waals surface area (Å²) in [5.41, 5.74) is 0. The molecule has 81 heavy (non-hydrogen) atoms. The van der Waals surface area contributed by atoms with Gasteiger partial charge in [0.15, 0.2) is 6.10 Å². The lowest BCUT2D eigenvalue weighted by molar-refractivity contribution is -0.167. The van der Waals surface area contributed by atoms with Gasteiger partial charge in [0.05, 0.1) is 0 Å². The Morgan fingerprint density at radius 3 is 0.802 bits per heavy atom. The van der Waals surface area contributed by atoms with Crippen LogP contribution in [0.4, 0.5) is 0 Å². The van der Waals surface area contributed by atoms with Gasteiger partial charge in [-0.3, -0.25) is 14.4 Å². The summed E-state index contributed by atoms with van der Waals surface area (Å²) >= 11 is 0. The largest absolute Gasteiger partial charge is 0.462 e. The first-order valence-electron chi connectivity index (χ1n) is 33.3. The number of hydrogen-bond acceptors (Lipinski definition) is 6. The molecule has 0 fully saturated rings. The van der Waals surface area contributed by atoms with Crippen LogP contribution < -0.4 is 0 Å². The number of carbonyl (C=O) groups is 3. The van der Waals surface area contributed by atoms with Gasteiger partial charge in [-0.25, -0.2) is 0 Å². The van der Waals surface area contributed by atoms with Gasteiger partial charge in [0.25, 0.3) is 0 Å². The van der Waals surface area contributed by atoms with Crippen LogP contribution in [0.25, 0.3) is 0 Å². The number of esters is 3. The van der Waals surface area contributed by atoms with E-state index < -0.39 is 6.10 Å². The number of unbranched alkanes of at least 4 members (excludes halogenated alkanes) is 24. The van der Waals surface area contributed by atoms with Gasteiger partial charge >= 0.3 is 17.9 Å². The quantitative estimate of drug-likeness (QED) is 0.0261. The standard InChI is InChI=1S/C75H122O6/c1-4-7-10-13-16-19-22-25-28-30-31-32-33-34-35-36-37-38-39-40-41-42-43-45-47-50-53-56-59-62-65-68-74(77)80-71-72(70-79-73(76)67-64-61-58-55-52-49-46-27-24-21-18-15-12-9-6-3)81-75(78)69-66-63-60-57-54-51-48-44-29-26-23-20-17-14-11-8-5-2/h7,10,16,18-19,21,25-29,31-32,34-35,37-38,40-41,43,45-46,50,53,72H,4-6,8-9,11-15,17,20,22-24,30,33,36,39,42,44,47-49,51-52,54-71H2,1-3H3/b10-7-,19-16-,21-18-,28-25-,29-26-,32-31-,35-34-,38-37-,41-40-,45-43-,46-27-,53-50-. The molecule has 0 spiro atoms. The van der Waals surface area contributed by atoms with Crippen molar-refractivity contribution < 1.29 is 28.6 Å². The molecule has 0 saturated carbocycles. The number of hydrogen-bond donors (Lipinski definition) is 0. The molecule has 0 aliphatic rings. The van der Waals surface area contributed by atoms with Crippen molar-refractivity contribution in [3.63, 3.8) is 0 Å². The third-order valence-corrected chi connectivity index (χ3v) is 13.8. The van der Waals surface area contributed by atoms with Gasteiger partial charge in [0.1, 0.15) is 13.2 Å². The Balaban J connectivity index is 4.43. The van der Waals surface area contributed by atoms with E-state index in [4.69, 9.17) is 14.2 Å². The zero-order valence-corrected chi connectivity index (χ0v) is 52.5. The summed E-state index contributed by atoms with van der Waals surface area (Å²) in [6, 6.07) is 0. The molecule has 0 aromatic heterocycles. The second kappa shape index (κ2) is 67.8. The third kappa shape index (κ3) is 66.0. The molecule has 0 bridgehead atoms. The molecule has 0 aromatic rings. The van der Waals surface area contributed by atoms with Crippen molar-refractivity contribution in [2.24, 2.45) is 0 Å². The smallest absolute Gasteiger partial charge is 0.306 e. The van der Waals surface area contributed by atoms with Crippen LogP contribution in [0.5, 0.6) is 0 Å². The zero-order chi connectivity index (χ0) is 58.5. The first-order valence-corrected chi connectivity index (χ1v) is 33.3. The van der Waals surface area contributed by atoms with Gasteiger partial charge in [0, 0.05) is 19.3 Å². The summed E-state index contributed by atoms with van der Waals surface area (Å²) in [5, 5.41) is 0. The van der Waals surface area contributed by atoms with Crippen LogP contribution in [0.3, 0.4) is 0 Å². The molecule has 0 rings (SSSR count). The average Bonchev–Trinajstić information content (AvgIpc) is 3.47. The molecule has 0 aliphatic heterocycles. The Bertz CT molecular complexity index is 1760. The van der Waals surface area contributed by atoms with Crippen LogP contribution in [-0.4, -0.2) is 37.2 Å². The summed E-state index contributed by atoms with van der Waals surface area (Å²) in [6.07, 6.45) is 97.1. The molecule has 0 saturated heterocycles. The minimum absolute atomic E-state index is 0.102. The molecule has 0 heterocycles. The maximum Gasteiger partial charge on any atom is 0.306 e. The van der Waals surface area contributed by atoms with E-state index in [1.165, 1.54) is 103 Å². The van der Waals surface area contributed by atoms with Gasteiger partial charge in [-0.2, -0.15) is 0 Å². The highest BCUT2D eigenvalue weighted by Crippen LogP contribution is 2.14. The first kappa shape index (κ1) is 76.3. The van der Waals surface area contributed by atoms with Crippen LogP contribution in [0.15, 0.2) is 146 Å². The molecule has 0 aliphatic carbocycles. The lowest BCUT2D eigenvalue weighted by Crippen LogP contribution is -2.30. The molecule has 0 amide bonds. The van der Waals surface area contributed by atoms with Gasteiger partial charge < -0.3 is 14.2 Å². The van der Waals surface area contributed by atoms with Crippen molar-refractivity contribution in [2.45, 2.75) is 297 Å². The summed E-state index contributed by atoms with van der Waals surface area (Å²) in [6.45, 7) is 6.46. The second-order valence-corrected chi connectivity index (χ2v) is 21.6. The van der Waals surface area contributed by atoms with E-state index in [1.807, 2.05) is 0 Å². The van der Waals surface area contributed by atoms with Gasteiger partial charge in [-0.05, 0) is 148 Å². The first-order chi connectivity index (χ1) is 40.0. The summed E-state index contributed by atoms with van der Waals surface area (Å²) in [4.78, 5) is 38.3. The van der Waals surface area contributed by atoms with Crippen molar-refractivity contribution in [3.8, 4) is 0 Å². The molecule has 1 atom stereocenters. The number of carbonyl (C=O) groups excluding carboxylic acids is 3. The maximum atomic E-state index is 12.9. The van der Waals surface area contributed by atoms with E-state index >= 15 is 0 Å². The average molecular weight is 1120 g/mol. The topological polar surface area (TPSA) is 78.9 Å². The molecule has 0 radical (unpaired) electrons. The van der Waals surface area contributed by atoms with E-state index in [2.05, 4.69) is 167 Å². The number of ether oxygens (including phenoxy) is 3. The maximum absolute atomic E-state index is 12.9. The van der Waals surface area contributed by atoms with E-state index in [0.29, 0.717) is 19.3 Å². The lowest BCUT2D eigenvalue weighted by atomic mass is 10.1. The highest BCUT2D eigenvalue weighted by Gasteiger charge is 2.19. The number of allylic oxidation sites excluding steroid dienone is 24. The molecular weight excluding hydrogens is 997 g/mol. The molecule has 458 valence electrons. The van der Waals surface area contributed by atoms with Gasteiger partial charge in [-0.15, -0.1) is 0 Å². The molecule has 6 heteroatoms. The van der Waals surface area contributed by atoms with Crippen molar-refractivity contribution in [1.82, 2.24) is 0 Å². The molecular formula is C75H122O6. The SMILES string of the molecule is CC/C=C\C/C=C\C/C=C\C/C=C\C/C=C\C/C=C\C/C=C\C/C=C\C/C=C\CCCCCC(=O)OCC(COC(=O)CCCCCCC/C=C\C/C=C\CCCCC)OC(=O)CCCCCCCCC/C=C\CCCCCCCC. The highest BCUT2D eigenvalue weighted by atomic mass is 16.6. The van der Waals surface area contributed by atoms with Crippen LogP contribution in [0.2, 0.25) is 0 Å². The highest BCUT2D eigenvalue weighted by molar-refractivity contribution is 5.71. The minimum atomic E-state index is -0.807. The van der Waals surface area contributed by atoms with Crippen LogP contribution >= 0.6 is 0 Å². The van der Waals surface area contributed by atoms with Crippen molar-refractivity contribution in [2.75, 3.05) is 13.2 Å². The Labute approximate surface area is 499 Å². The minimum Gasteiger partial charge on any atom is -0.462 e. The molecule has 6 nitrogen and oxygen atoms in total. The van der Waals surface area contributed by atoms with E-state index in [-0.39, 0.29) is 31.1 Å². The Hall–Kier alpha value is -4.71. The van der Waals surface area contributed by atoms with Crippen molar-refractivity contribution in [1.29, 1.82) is 0 Å². The summed E-state index contributed by atoms with van der Waals surface area (Å²) in [7, 11) is 0. The molecule has 0 aromatic carbocycles. The van der Waals surface area contributed by atoms with E-state index in [1.54, 1.807) is 0 Å². The molecule has 1 unspecified atom stereocenters. The Morgan fingerprint density at radius 2 is 0.481 bits per heavy atom. The molecule has 0 N–H and O–H groups in total. The third-order valence-electron chi connectivity index (χ3n) is 13.8. The summed E-state index contributed by atoms with van der Waals surface area (Å²) in [5.74, 6) is -0.951. The lowest BCUT2D eigenvalue weighted by Gasteiger charge is -2.18.